The molecule has 12 aromatic rings. The Balaban J connectivity index is 0.933. The number of furan rings is 1. The van der Waals surface area contributed by atoms with Gasteiger partial charge in [-0.15, -0.1) is 0 Å². The zero-order chi connectivity index (χ0) is 43.1. The maximum absolute atomic E-state index is 6.48. The molecule has 0 spiro atoms. The molecule has 65 heavy (non-hydrogen) atoms. The Hall–Kier alpha value is -8.87. The van der Waals surface area contributed by atoms with E-state index in [1.165, 1.54) is 5.39 Å². The van der Waals surface area contributed by atoms with E-state index in [0.717, 1.165) is 94.3 Å². The van der Waals surface area contributed by atoms with Crippen molar-refractivity contribution in [2.75, 3.05) is 0 Å². The van der Waals surface area contributed by atoms with Crippen LogP contribution < -0.4 is 0 Å². The average Bonchev–Trinajstić information content (AvgIpc) is 3.75. The lowest BCUT2D eigenvalue weighted by Crippen LogP contribution is -2.00. The number of nitrogens with zero attached hydrogens (tertiary/aromatic N) is 5. The number of hydrogen-bond acceptors (Lipinski definition) is 6. The fourth-order valence-electron chi connectivity index (χ4n) is 8.60. The van der Waals surface area contributed by atoms with Crippen molar-refractivity contribution in [3.8, 4) is 90.3 Å². The van der Waals surface area contributed by atoms with E-state index in [9.17, 15) is 0 Å². The Morgan fingerprint density at radius 2 is 0.631 bits per heavy atom. The molecule has 0 saturated heterocycles. The highest BCUT2D eigenvalue weighted by Gasteiger charge is 2.17. The van der Waals surface area contributed by atoms with Gasteiger partial charge >= 0.3 is 0 Å². The van der Waals surface area contributed by atoms with Gasteiger partial charge in [-0.1, -0.05) is 176 Å². The van der Waals surface area contributed by atoms with Gasteiger partial charge < -0.3 is 4.42 Å². The van der Waals surface area contributed by atoms with Crippen LogP contribution in [0.25, 0.3) is 123 Å². The van der Waals surface area contributed by atoms with E-state index in [-0.39, 0.29) is 0 Å². The summed E-state index contributed by atoms with van der Waals surface area (Å²) in [7, 11) is 0. The molecule has 0 radical (unpaired) electrons. The minimum absolute atomic E-state index is 0.597. The zero-order valence-electron chi connectivity index (χ0n) is 35.0. The standard InChI is InChI=1S/C59H37N5O/c1-4-15-38(16-5-1)41-23-13-27-48(32-41)58-62-57(40-19-8-3-9-20-40)63-59(64-58)49-28-14-25-43(33-49)42-24-12-26-46(31-42)52-37-53(61-56(60-52)39-17-6-2-7-18-39)47-29-30-50-51-34-44-21-10-11-22-45(44)35-55(51)65-54(50)36-47/h1-37H. The fourth-order valence-corrected chi connectivity index (χ4v) is 8.60. The van der Waals surface area contributed by atoms with Crippen molar-refractivity contribution in [3.05, 3.63) is 224 Å². The van der Waals surface area contributed by atoms with Crippen LogP contribution in [0.2, 0.25) is 0 Å². The molecule has 9 aromatic carbocycles. The highest BCUT2D eigenvalue weighted by atomic mass is 16.3. The van der Waals surface area contributed by atoms with E-state index < -0.39 is 0 Å². The van der Waals surface area contributed by atoms with Gasteiger partial charge in [0.15, 0.2) is 23.3 Å². The predicted octanol–water partition coefficient (Wildman–Crippen LogP) is 15.1. The Morgan fingerprint density at radius 1 is 0.231 bits per heavy atom. The number of rotatable bonds is 8. The van der Waals surface area contributed by atoms with Gasteiger partial charge in [-0.05, 0) is 81.6 Å². The molecule has 6 nitrogen and oxygen atoms in total. The first-order valence-electron chi connectivity index (χ1n) is 21.6. The van der Waals surface area contributed by atoms with Crippen LogP contribution in [0.1, 0.15) is 0 Å². The van der Waals surface area contributed by atoms with Crippen LogP contribution in [0.5, 0.6) is 0 Å². The number of benzene rings is 9. The molecule has 12 rings (SSSR count). The molecule has 0 aliphatic rings. The third kappa shape index (κ3) is 7.39. The Bertz CT molecular complexity index is 3720. The largest absolute Gasteiger partial charge is 0.456 e. The van der Waals surface area contributed by atoms with Crippen LogP contribution in [0.15, 0.2) is 229 Å². The molecule has 6 heteroatoms. The Morgan fingerprint density at radius 3 is 1.22 bits per heavy atom. The number of fused-ring (bicyclic) bond motifs is 4. The van der Waals surface area contributed by atoms with E-state index in [0.29, 0.717) is 23.3 Å². The van der Waals surface area contributed by atoms with Gasteiger partial charge in [-0.3, -0.25) is 0 Å². The average molecular weight is 832 g/mol. The Kier molecular flexibility index (Phi) is 9.38. The van der Waals surface area contributed by atoms with E-state index in [1.807, 2.05) is 66.7 Å². The molecular formula is C59H37N5O. The van der Waals surface area contributed by atoms with Gasteiger partial charge in [0.2, 0.25) is 0 Å². The van der Waals surface area contributed by atoms with Crippen LogP contribution in [-0.4, -0.2) is 24.9 Å². The summed E-state index contributed by atoms with van der Waals surface area (Å²) < 4.78 is 6.48. The van der Waals surface area contributed by atoms with E-state index in [2.05, 4.69) is 158 Å². The minimum Gasteiger partial charge on any atom is -0.456 e. The van der Waals surface area contributed by atoms with Crippen molar-refractivity contribution >= 4 is 32.7 Å². The van der Waals surface area contributed by atoms with E-state index in [4.69, 9.17) is 29.3 Å². The summed E-state index contributed by atoms with van der Waals surface area (Å²) in [6, 6.07) is 77.0. The van der Waals surface area contributed by atoms with Crippen molar-refractivity contribution in [3.63, 3.8) is 0 Å². The van der Waals surface area contributed by atoms with Gasteiger partial charge in [0.1, 0.15) is 11.2 Å². The van der Waals surface area contributed by atoms with Gasteiger partial charge in [0.05, 0.1) is 11.4 Å². The molecule has 3 aromatic heterocycles. The van der Waals surface area contributed by atoms with Gasteiger partial charge in [0, 0.05) is 44.2 Å². The van der Waals surface area contributed by atoms with Crippen LogP contribution >= 0.6 is 0 Å². The predicted molar refractivity (Wildman–Crippen MR) is 264 cm³/mol. The summed E-state index contributed by atoms with van der Waals surface area (Å²) in [5, 5.41) is 4.51. The first-order valence-corrected chi connectivity index (χ1v) is 21.6. The molecule has 0 atom stereocenters. The van der Waals surface area contributed by atoms with Gasteiger partial charge in [-0.2, -0.15) is 0 Å². The van der Waals surface area contributed by atoms with Crippen LogP contribution in [-0.2, 0) is 0 Å². The van der Waals surface area contributed by atoms with Crippen LogP contribution in [0.4, 0.5) is 0 Å². The number of aromatic nitrogens is 5. The van der Waals surface area contributed by atoms with Crippen molar-refractivity contribution in [1.29, 1.82) is 0 Å². The minimum atomic E-state index is 0.597. The normalized spacial score (nSPS) is 11.4. The highest BCUT2D eigenvalue weighted by Crippen LogP contribution is 2.37. The van der Waals surface area contributed by atoms with Crippen LogP contribution in [0, 0.1) is 0 Å². The summed E-state index contributed by atoms with van der Waals surface area (Å²) in [5.41, 5.74) is 13.2. The Labute approximate surface area is 375 Å². The summed E-state index contributed by atoms with van der Waals surface area (Å²) in [6.45, 7) is 0. The van der Waals surface area contributed by atoms with Crippen molar-refractivity contribution in [1.82, 2.24) is 24.9 Å². The topological polar surface area (TPSA) is 77.6 Å². The molecule has 0 saturated carbocycles. The summed E-state index contributed by atoms with van der Waals surface area (Å²) in [4.78, 5) is 25.5. The molecule has 0 fully saturated rings. The molecule has 0 amide bonds. The zero-order valence-corrected chi connectivity index (χ0v) is 35.0. The molecule has 0 aliphatic heterocycles. The van der Waals surface area contributed by atoms with Gasteiger partial charge in [-0.25, -0.2) is 24.9 Å². The monoisotopic (exact) mass is 831 g/mol. The molecular weight excluding hydrogens is 795 g/mol. The third-order valence-corrected chi connectivity index (χ3v) is 11.9. The maximum atomic E-state index is 6.48. The van der Waals surface area contributed by atoms with Crippen molar-refractivity contribution < 1.29 is 4.42 Å². The highest BCUT2D eigenvalue weighted by molar-refractivity contribution is 6.10. The summed E-state index contributed by atoms with van der Waals surface area (Å²) in [5.74, 6) is 2.47. The molecule has 0 N–H and O–H groups in total. The first-order chi connectivity index (χ1) is 32.1. The summed E-state index contributed by atoms with van der Waals surface area (Å²) >= 11 is 0. The number of hydrogen-bond donors (Lipinski definition) is 0. The third-order valence-electron chi connectivity index (χ3n) is 11.9. The second-order valence-electron chi connectivity index (χ2n) is 16.1. The quantitative estimate of drug-likeness (QED) is 0.152. The first kappa shape index (κ1) is 37.9. The second-order valence-corrected chi connectivity index (χ2v) is 16.1. The maximum Gasteiger partial charge on any atom is 0.164 e. The van der Waals surface area contributed by atoms with E-state index >= 15 is 0 Å². The molecule has 3 heterocycles. The van der Waals surface area contributed by atoms with Gasteiger partial charge in [0.25, 0.3) is 0 Å². The van der Waals surface area contributed by atoms with Crippen molar-refractivity contribution in [2.45, 2.75) is 0 Å². The molecule has 0 bridgehead atoms. The lowest BCUT2D eigenvalue weighted by Gasteiger charge is -2.12. The van der Waals surface area contributed by atoms with Crippen molar-refractivity contribution in [2.24, 2.45) is 0 Å². The lowest BCUT2D eigenvalue weighted by molar-refractivity contribution is 0.669. The lowest BCUT2D eigenvalue weighted by atomic mass is 9.98. The molecule has 0 aliphatic carbocycles. The smallest absolute Gasteiger partial charge is 0.164 e. The fraction of sp³-hybridized carbons (Fsp3) is 0. The van der Waals surface area contributed by atoms with Crippen LogP contribution in [0.3, 0.4) is 0 Å². The summed E-state index contributed by atoms with van der Waals surface area (Å²) in [6.07, 6.45) is 0. The van der Waals surface area contributed by atoms with E-state index in [1.54, 1.807) is 0 Å². The molecule has 304 valence electrons. The molecule has 0 unspecified atom stereocenters. The SMILES string of the molecule is c1ccc(-c2cccc(-c3nc(-c4ccccc4)nc(-c4cccc(-c5cccc(-c6cc(-c7ccc8c(c7)oc7cc9ccccc9cc78)nc(-c7ccccc7)n6)c5)c4)n3)c2)cc1. The second kappa shape index (κ2) is 16.1.